The summed E-state index contributed by atoms with van der Waals surface area (Å²) < 4.78 is 5.61. The molecular formula is C18H14N4O2. The Morgan fingerprint density at radius 2 is 1.88 bits per heavy atom. The van der Waals surface area contributed by atoms with E-state index in [1.165, 1.54) is 0 Å². The smallest absolute Gasteiger partial charge is 0.319 e. The van der Waals surface area contributed by atoms with E-state index in [2.05, 4.69) is 15.6 Å². The number of carbonyl (C=O) groups is 1. The standard InChI is InChI=1S/C18H14N4O2/c19-10-13-6-8-15(9-7-13)22-18(23)21-12-17-20-11-16(24-17)14-4-2-1-3-5-14/h1-9,11H,12H2,(H2,21,22,23). The Morgan fingerprint density at radius 1 is 1.12 bits per heavy atom. The number of oxazole rings is 1. The summed E-state index contributed by atoms with van der Waals surface area (Å²) >= 11 is 0. The van der Waals surface area contributed by atoms with E-state index in [0.29, 0.717) is 22.9 Å². The molecule has 0 unspecified atom stereocenters. The zero-order chi connectivity index (χ0) is 16.8. The van der Waals surface area contributed by atoms with E-state index in [1.807, 2.05) is 36.4 Å². The fourth-order valence-electron chi connectivity index (χ4n) is 2.09. The Morgan fingerprint density at radius 3 is 2.58 bits per heavy atom. The Balaban J connectivity index is 1.55. The van der Waals surface area contributed by atoms with Crippen LogP contribution >= 0.6 is 0 Å². The molecule has 1 heterocycles. The van der Waals surface area contributed by atoms with Gasteiger partial charge in [0.15, 0.2) is 5.76 Å². The second-order valence-electron chi connectivity index (χ2n) is 4.98. The van der Waals surface area contributed by atoms with Gasteiger partial charge in [-0.15, -0.1) is 0 Å². The summed E-state index contributed by atoms with van der Waals surface area (Å²) in [7, 11) is 0. The molecule has 0 spiro atoms. The molecule has 0 atom stereocenters. The summed E-state index contributed by atoms with van der Waals surface area (Å²) in [4.78, 5) is 16.0. The van der Waals surface area contributed by atoms with Gasteiger partial charge >= 0.3 is 6.03 Å². The molecule has 0 saturated carbocycles. The first-order chi connectivity index (χ1) is 11.7. The van der Waals surface area contributed by atoms with Gasteiger partial charge in [0.2, 0.25) is 5.89 Å². The van der Waals surface area contributed by atoms with E-state index >= 15 is 0 Å². The molecule has 3 aromatic rings. The molecule has 0 bridgehead atoms. The Labute approximate surface area is 138 Å². The van der Waals surface area contributed by atoms with Crippen molar-refractivity contribution < 1.29 is 9.21 Å². The van der Waals surface area contributed by atoms with Crippen molar-refractivity contribution in [3.63, 3.8) is 0 Å². The predicted octanol–water partition coefficient (Wildman–Crippen LogP) is 3.53. The number of hydrogen-bond donors (Lipinski definition) is 2. The number of urea groups is 1. The minimum atomic E-state index is -0.376. The summed E-state index contributed by atoms with van der Waals surface area (Å²) in [5.41, 5.74) is 2.07. The van der Waals surface area contributed by atoms with Crippen LogP contribution in [0, 0.1) is 11.3 Å². The summed E-state index contributed by atoms with van der Waals surface area (Å²) in [6, 6.07) is 17.9. The molecular weight excluding hydrogens is 304 g/mol. The highest BCUT2D eigenvalue weighted by Crippen LogP contribution is 2.19. The third-order valence-corrected chi connectivity index (χ3v) is 3.28. The normalized spacial score (nSPS) is 9.96. The maximum Gasteiger partial charge on any atom is 0.319 e. The van der Waals surface area contributed by atoms with Gasteiger partial charge < -0.3 is 15.1 Å². The highest BCUT2D eigenvalue weighted by molar-refractivity contribution is 5.89. The van der Waals surface area contributed by atoms with E-state index in [-0.39, 0.29) is 12.6 Å². The molecule has 0 aliphatic rings. The lowest BCUT2D eigenvalue weighted by Crippen LogP contribution is -2.28. The van der Waals surface area contributed by atoms with Gasteiger partial charge in [0.05, 0.1) is 24.4 Å². The van der Waals surface area contributed by atoms with Gasteiger partial charge in [-0.25, -0.2) is 9.78 Å². The maximum absolute atomic E-state index is 11.9. The van der Waals surface area contributed by atoms with Gasteiger partial charge in [0.1, 0.15) is 0 Å². The lowest BCUT2D eigenvalue weighted by Gasteiger charge is -2.06. The summed E-state index contributed by atoms with van der Waals surface area (Å²) in [6.07, 6.45) is 1.63. The number of nitriles is 1. The molecule has 0 radical (unpaired) electrons. The van der Waals surface area contributed by atoms with Crippen LogP contribution in [0.2, 0.25) is 0 Å². The molecule has 0 aliphatic carbocycles. The average Bonchev–Trinajstić information content (AvgIpc) is 3.10. The van der Waals surface area contributed by atoms with E-state index in [0.717, 1.165) is 5.56 Å². The average molecular weight is 318 g/mol. The number of anilines is 1. The minimum Gasteiger partial charge on any atom is -0.439 e. The molecule has 6 heteroatoms. The quantitative estimate of drug-likeness (QED) is 0.770. The predicted molar refractivity (Wildman–Crippen MR) is 89.0 cm³/mol. The van der Waals surface area contributed by atoms with Gasteiger partial charge in [0, 0.05) is 11.3 Å². The molecule has 3 rings (SSSR count). The van der Waals surface area contributed by atoms with E-state index in [4.69, 9.17) is 9.68 Å². The zero-order valence-corrected chi connectivity index (χ0v) is 12.7. The van der Waals surface area contributed by atoms with Gasteiger partial charge in [-0.3, -0.25) is 0 Å². The fourth-order valence-corrected chi connectivity index (χ4v) is 2.09. The molecule has 24 heavy (non-hydrogen) atoms. The number of rotatable bonds is 4. The van der Waals surface area contributed by atoms with Crippen molar-refractivity contribution in [1.82, 2.24) is 10.3 Å². The van der Waals surface area contributed by atoms with E-state index < -0.39 is 0 Å². The first-order valence-corrected chi connectivity index (χ1v) is 7.30. The molecule has 1 aromatic heterocycles. The fraction of sp³-hybridized carbons (Fsp3) is 0.0556. The van der Waals surface area contributed by atoms with E-state index in [9.17, 15) is 4.79 Å². The van der Waals surface area contributed by atoms with Crippen molar-refractivity contribution in [3.05, 3.63) is 72.2 Å². The van der Waals surface area contributed by atoms with Crippen LogP contribution in [0.1, 0.15) is 11.5 Å². The zero-order valence-electron chi connectivity index (χ0n) is 12.7. The van der Waals surface area contributed by atoms with Crippen LogP contribution in [0.3, 0.4) is 0 Å². The van der Waals surface area contributed by atoms with Crippen LogP contribution < -0.4 is 10.6 Å². The first kappa shape index (κ1) is 15.3. The number of amides is 2. The third-order valence-electron chi connectivity index (χ3n) is 3.28. The van der Waals surface area contributed by atoms with Crippen LogP contribution in [-0.4, -0.2) is 11.0 Å². The Bertz CT molecular complexity index is 864. The number of carbonyl (C=O) groups excluding carboxylic acids is 1. The van der Waals surface area contributed by atoms with Crippen molar-refractivity contribution >= 4 is 11.7 Å². The molecule has 2 aromatic carbocycles. The summed E-state index contributed by atoms with van der Waals surface area (Å²) in [5, 5.41) is 14.1. The molecule has 0 fully saturated rings. The number of aromatic nitrogens is 1. The highest BCUT2D eigenvalue weighted by Gasteiger charge is 2.08. The topological polar surface area (TPSA) is 91.0 Å². The van der Waals surface area contributed by atoms with Gasteiger partial charge in [-0.2, -0.15) is 5.26 Å². The number of nitrogens with zero attached hydrogens (tertiary/aromatic N) is 2. The number of benzene rings is 2. The van der Waals surface area contributed by atoms with Gasteiger partial charge in [-0.05, 0) is 24.3 Å². The summed E-state index contributed by atoms with van der Waals surface area (Å²) in [5.74, 6) is 1.07. The highest BCUT2D eigenvalue weighted by atomic mass is 16.4. The van der Waals surface area contributed by atoms with Crippen LogP contribution in [0.15, 0.2) is 65.2 Å². The van der Waals surface area contributed by atoms with Crippen molar-refractivity contribution in [2.75, 3.05) is 5.32 Å². The minimum absolute atomic E-state index is 0.176. The maximum atomic E-state index is 11.9. The molecule has 2 amide bonds. The third kappa shape index (κ3) is 3.78. The Kier molecular flexibility index (Phi) is 4.54. The number of nitrogens with one attached hydrogen (secondary N) is 2. The second-order valence-corrected chi connectivity index (χ2v) is 4.98. The van der Waals surface area contributed by atoms with E-state index in [1.54, 1.807) is 30.5 Å². The van der Waals surface area contributed by atoms with Crippen molar-refractivity contribution in [3.8, 4) is 17.4 Å². The monoisotopic (exact) mass is 318 g/mol. The second kappa shape index (κ2) is 7.11. The molecule has 118 valence electrons. The molecule has 0 saturated heterocycles. The van der Waals surface area contributed by atoms with Crippen molar-refractivity contribution in [2.45, 2.75) is 6.54 Å². The van der Waals surface area contributed by atoms with Crippen molar-refractivity contribution in [1.29, 1.82) is 5.26 Å². The summed E-state index contributed by atoms with van der Waals surface area (Å²) in [6.45, 7) is 0.176. The number of hydrogen-bond acceptors (Lipinski definition) is 4. The molecule has 6 nitrogen and oxygen atoms in total. The van der Waals surface area contributed by atoms with Crippen LogP contribution in [0.25, 0.3) is 11.3 Å². The van der Waals surface area contributed by atoms with Crippen LogP contribution in [0.4, 0.5) is 10.5 Å². The SMILES string of the molecule is N#Cc1ccc(NC(=O)NCc2ncc(-c3ccccc3)o2)cc1. The largest absolute Gasteiger partial charge is 0.439 e. The van der Waals surface area contributed by atoms with Crippen molar-refractivity contribution in [2.24, 2.45) is 0 Å². The Hall–Kier alpha value is -3.59. The van der Waals surface area contributed by atoms with Crippen LogP contribution in [0.5, 0.6) is 0 Å². The lowest BCUT2D eigenvalue weighted by atomic mass is 10.2. The molecule has 2 N–H and O–H groups in total. The molecule has 0 aliphatic heterocycles. The van der Waals surface area contributed by atoms with Crippen LogP contribution in [-0.2, 0) is 6.54 Å². The first-order valence-electron chi connectivity index (χ1n) is 7.30. The van der Waals surface area contributed by atoms with Gasteiger partial charge in [0.25, 0.3) is 0 Å². The lowest BCUT2D eigenvalue weighted by molar-refractivity contribution is 0.250. The van der Waals surface area contributed by atoms with Gasteiger partial charge in [-0.1, -0.05) is 30.3 Å².